The van der Waals surface area contributed by atoms with E-state index in [-0.39, 0.29) is 16.9 Å². The number of hydrogen-bond donors (Lipinski definition) is 0. The lowest BCUT2D eigenvalue weighted by Gasteiger charge is -2.23. The van der Waals surface area contributed by atoms with E-state index in [2.05, 4.69) is 6.07 Å². The lowest BCUT2D eigenvalue weighted by molar-refractivity contribution is 0.0917. The molecule has 158 valence electrons. The van der Waals surface area contributed by atoms with E-state index in [1.807, 2.05) is 19.9 Å². The minimum atomic E-state index is -3.32. The van der Waals surface area contributed by atoms with Crippen LogP contribution in [0.4, 0.5) is 5.13 Å². The van der Waals surface area contributed by atoms with Crippen LogP contribution in [0.5, 0.6) is 0 Å². The number of nitrogens with zero attached hydrogens (tertiary/aromatic N) is 2. The number of hydrogen-bond acceptors (Lipinski definition) is 6. The molecule has 0 saturated carbocycles. The Morgan fingerprint density at radius 2 is 1.93 bits per heavy atom. The van der Waals surface area contributed by atoms with Crippen molar-refractivity contribution in [1.29, 1.82) is 0 Å². The van der Waals surface area contributed by atoms with Crippen molar-refractivity contribution >= 4 is 42.4 Å². The van der Waals surface area contributed by atoms with Crippen molar-refractivity contribution in [2.75, 3.05) is 24.3 Å². The number of fused-ring (bicyclic) bond motifs is 1. The van der Waals surface area contributed by atoms with Crippen LogP contribution in [0, 0.1) is 13.8 Å². The average Bonchev–Trinajstić information content (AvgIpc) is 3.38. The van der Waals surface area contributed by atoms with Crippen molar-refractivity contribution < 1.29 is 17.9 Å². The quantitative estimate of drug-likeness (QED) is 0.591. The molecule has 1 aliphatic heterocycles. The molecule has 2 aromatic carbocycles. The molecule has 0 radical (unpaired) electrons. The molecule has 0 N–H and O–H groups in total. The van der Waals surface area contributed by atoms with Crippen LogP contribution in [0.3, 0.4) is 0 Å². The largest absolute Gasteiger partial charge is 0.376 e. The molecule has 8 heteroatoms. The Labute approximate surface area is 180 Å². The number of amides is 1. The second-order valence-corrected chi connectivity index (χ2v) is 10.7. The second kappa shape index (κ2) is 8.09. The molecule has 0 spiro atoms. The molecular formula is C22H24N2O4S2. The number of thiazole rings is 1. The molecule has 1 unspecified atom stereocenters. The van der Waals surface area contributed by atoms with Crippen molar-refractivity contribution in [3.63, 3.8) is 0 Å². The van der Waals surface area contributed by atoms with Gasteiger partial charge in [0.2, 0.25) is 0 Å². The first-order valence-corrected chi connectivity index (χ1v) is 12.5. The van der Waals surface area contributed by atoms with E-state index in [1.54, 1.807) is 17.0 Å². The van der Waals surface area contributed by atoms with Gasteiger partial charge in [0.25, 0.3) is 5.91 Å². The first-order valence-electron chi connectivity index (χ1n) is 9.84. The summed E-state index contributed by atoms with van der Waals surface area (Å²) in [6.45, 7) is 5.21. The van der Waals surface area contributed by atoms with Crippen LogP contribution in [0.15, 0.2) is 41.3 Å². The van der Waals surface area contributed by atoms with E-state index in [9.17, 15) is 13.2 Å². The van der Waals surface area contributed by atoms with Gasteiger partial charge < -0.3 is 4.74 Å². The Morgan fingerprint density at radius 3 is 2.57 bits per heavy atom. The highest BCUT2D eigenvalue weighted by atomic mass is 32.2. The van der Waals surface area contributed by atoms with E-state index in [0.717, 1.165) is 40.4 Å². The third kappa shape index (κ3) is 4.12. The Balaban J connectivity index is 1.72. The van der Waals surface area contributed by atoms with E-state index >= 15 is 0 Å². The molecule has 1 aromatic heterocycles. The summed E-state index contributed by atoms with van der Waals surface area (Å²) in [4.78, 5) is 20.1. The summed E-state index contributed by atoms with van der Waals surface area (Å²) in [5, 5.41) is 0.631. The predicted octanol–water partition coefficient (Wildman–Crippen LogP) is 4.14. The molecule has 3 aromatic rings. The van der Waals surface area contributed by atoms with Gasteiger partial charge in [-0.25, -0.2) is 13.4 Å². The number of rotatable bonds is 5. The molecule has 0 aliphatic carbocycles. The summed E-state index contributed by atoms with van der Waals surface area (Å²) in [6.07, 6.45) is 3.01. The molecular weight excluding hydrogens is 420 g/mol. The van der Waals surface area contributed by atoms with Gasteiger partial charge in [-0.15, -0.1) is 0 Å². The van der Waals surface area contributed by atoms with Crippen LogP contribution < -0.4 is 4.90 Å². The monoisotopic (exact) mass is 444 g/mol. The first-order chi connectivity index (χ1) is 14.2. The minimum absolute atomic E-state index is 0.0286. The summed E-state index contributed by atoms with van der Waals surface area (Å²) in [5.41, 5.74) is 3.60. The predicted molar refractivity (Wildman–Crippen MR) is 119 cm³/mol. The van der Waals surface area contributed by atoms with Gasteiger partial charge in [-0.2, -0.15) is 0 Å². The summed E-state index contributed by atoms with van der Waals surface area (Å²) in [7, 11) is -3.32. The number of aryl methyl sites for hydroxylation is 2. The fourth-order valence-electron chi connectivity index (χ4n) is 3.57. The van der Waals surface area contributed by atoms with Crippen molar-refractivity contribution in [3.8, 4) is 0 Å². The highest BCUT2D eigenvalue weighted by Crippen LogP contribution is 2.33. The maximum atomic E-state index is 13.4. The van der Waals surface area contributed by atoms with Crippen LogP contribution in [-0.2, 0) is 14.6 Å². The van der Waals surface area contributed by atoms with Gasteiger partial charge >= 0.3 is 0 Å². The molecule has 1 fully saturated rings. The number of sulfone groups is 1. The van der Waals surface area contributed by atoms with Gasteiger partial charge in [0, 0.05) is 18.4 Å². The molecule has 1 saturated heterocycles. The van der Waals surface area contributed by atoms with Gasteiger partial charge in [-0.05, 0) is 68.1 Å². The van der Waals surface area contributed by atoms with Gasteiger partial charge in [0.05, 0.1) is 27.8 Å². The van der Waals surface area contributed by atoms with Crippen molar-refractivity contribution in [2.45, 2.75) is 37.7 Å². The molecule has 1 aliphatic rings. The number of carbonyl (C=O) groups is 1. The van der Waals surface area contributed by atoms with Crippen LogP contribution in [0.1, 0.15) is 34.3 Å². The van der Waals surface area contributed by atoms with E-state index < -0.39 is 9.84 Å². The van der Waals surface area contributed by atoms with Gasteiger partial charge in [0.1, 0.15) is 0 Å². The van der Waals surface area contributed by atoms with Gasteiger partial charge in [-0.1, -0.05) is 17.4 Å². The number of ether oxygens (including phenoxy) is 1. The fraction of sp³-hybridized carbons (Fsp3) is 0.364. The normalized spacial score (nSPS) is 16.8. The molecule has 1 amide bonds. The number of aromatic nitrogens is 1. The van der Waals surface area contributed by atoms with E-state index in [1.165, 1.54) is 23.5 Å². The Bertz CT molecular complexity index is 1190. The zero-order valence-electron chi connectivity index (χ0n) is 17.2. The lowest BCUT2D eigenvalue weighted by Crippen LogP contribution is -2.37. The number of carbonyl (C=O) groups excluding carboxylic acids is 1. The summed E-state index contributed by atoms with van der Waals surface area (Å²) < 4.78 is 30.3. The average molecular weight is 445 g/mol. The van der Waals surface area contributed by atoms with Gasteiger partial charge in [0.15, 0.2) is 15.0 Å². The minimum Gasteiger partial charge on any atom is -0.376 e. The second-order valence-electron chi connectivity index (χ2n) is 7.70. The highest BCUT2D eigenvalue weighted by molar-refractivity contribution is 7.90. The summed E-state index contributed by atoms with van der Waals surface area (Å²) in [6, 6.07) is 10.2. The maximum absolute atomic E-state index is 13.4. The van der Waals surface area contributed by atoms with Crippen LogP contribution in [0.2, 0.25) is 0 Å². The van der Waals surface area contributed by atoms with Crippen molar-refractivity contribution in [1.82, 2.24) is 4.98 Å². The highest BCUT2D eigenvalue weighted by Gasteiger charge is 2.27. The van der Waals surface area contributed by atoms with Crippen molar-refractivity contribution in [3.05, 3.63) is 53.1 Å². The lowest BCUT2D eigenvalue weighted by atomic mass is 10.1. The fourth-order valence-corrected chi connectivity index (χ4v) is 5.23. The molecule has 0 bridgehead atoms. The Kier molecular flexibility index (Phi) is 5.65. The molecule has 6 nitrogen and oxygen atoms in total. The summed E-state index contributed by atoms with van der Waals surface area (Å²) in [5.74, 6) is -0.209. The van der Waals surface area contributed by atoms with Crippen LogP contribution in [-0.4, -0.2) is 44.8 Å². The van der Waals surface area contributed by atoms with Gasteiger partial charge in [-0.3, -0.25) is 9.69 Å². The molecule has 30 heavy (non-hydrogen) atoms. The third-order valence-electron chi connectivity index (χ3n) is 5.49. The van der Waals surface area contributed by atoms with E-state index in [0.29, 0.717) is 23.8 Å². The zero-order chi connectivity index (χ0) is 21.5. The molecule has 4 rings (SSSR count). The van der Waals surface area contributed by atoms with Crippen LogP contribution in [0.25, 0.3) is 10.2 Å². The zero-order valence-corrected chi connectivity index (χ0v) is 18.8. The Morgan fingerprint density at radius 1 is 1.20 bits per heavy atom. The number of anilines is 1. The molecule has 2 heterocycles. The molecule has 1 atom stereocenters. The SMILES string of the molecule is Cc1ccc2sc(N(CC3CCCO3)C(=O)c3ccc(S(C)(=O)=O)cc3)nc2c1C. The summed E-state index contributed by atoms with van der Waals surface area (Å²) >= 11 is 1.48. The van der Waals surface area contributed by atoms with Crippen molar-refractivity contribution in [2.24, 2.45) is 0 Å². The first kappa shape index (κ1) is 21.0. The smallest absolute Gasteiger partial charge is 0.260 e. The third-order valence-corrected chi connectivity index (χ3v) is 7.66. The standard InChI is InChI=1S/C22H24N2O4S2/c1-14-6-11-19-20(15(14)2)23-22(29-19)24(13-17-5-4-12-28-17)21(25)16-7-9-18(10-8-16)30(3,26)27/h6-11,17H,4-5,12-13H2,1-3H3. The van der Waals surface area contributed by atoms with Crippen LogP contribution >= 0.6 is 11.3 Å². The maximum Gasteiger partial charge on any atom is 0.260 e. The Hall–Kier alpha value is -2.29. The topological polar surface area (TPSA) is 76.6 Å². The number of benzene rings is 2. The van der Waals surface area contributed by atoms with E-state index in [4.69, 9.17) is 9.72 Å².